The van der Waals surface area contributed by atoms with Crippen LogP contribution in [0.5, 0.6) is 0 Å². The zero-order valence-electron chi connectivity index (χ0n) is 12.9. The summed E-state index contributed by atoms with van der Waals surface area (Å²) >= 11 is 2.32. The van der Waals surface area contributed by atoms with E-state index in [4.69, 9.17) is 0 Å². The summed E-state index contributed by atoms with van der Waals surface area (Å²) < 4.78 is 1.26. The minimum absolute atomic E-state index is 0.170. The van der Waals surface area contributed by atoms with Crippen LogP contribution < -0.4 is 0 Å². The fourth-order valence-corrected chi connectivity index (χ4v) is 3.76. The molecular weight excluding hydrogens is 359 g/mol. The predicted octanol–water partition coefficient (Wildman–Crippen LogP) is 5.05. The van der Waals surface area contributed by atoms with Gasteiger partial charge < -0.3 is 5.11 Å². The summed E-state index contributed by atoms with van der Waals surface area (Å²) in [6.45, 7) is 7.04. The Kier molecular flexibility index (Phi) is 5.52. The Bertz CT molecular complexity index is 410. The first-order valence-electron chi connectivity index (χ1n) is 7.79. The molecule has 0 bridgehead atoms. The van der Waals surface area contributed by atoms with Gasteiger partial charge in [-0.2, -0.15) is 0 Å². The molecule has 0 heterocycles. The van der Waals surface area contributed by atoms with E-state index in [2.05, 4.69) is 67.6 Å². The molecule has 1 saturated carbocycles. The van der Waals surface area contributed by atoms with Crippen LogP contribution in [0.1, 0.15) is 52.0 Å². The smallest absolute Gasteiger partial charge is 0.0608 e. The number of rotatable bonds is 3. The topological polar surface area (TPSA) is 20.2 Å². The number of aliphatic hydroxyl groups is 1. The van der Waals surface area contributed by atoms with Crippen molar-refractivity contribution in [2.24, 2.45) is 17.3 Å². The van der Waals surface area contributed by atoms with Crippen LogP contribution in [0.4, 0.5) is 0 Å². The van der Waals surface area contributed by atoms with Gasteiger partial charge in [-0.25, -0.2) is 0 Å². The second kappa shape index (κ2) is 6.78. The van der Waals surface area contributed by atoms with Crippen LogP contribution >= 0.6 is 22.6 Å². The first kappa shape index (κ1) is 16.3. The maximum Gasteiger partial charge on any atom is 0.0608 e. The van der Waals surface area contributed by atoms with Gasteiger partial charge in [-0.1, -0.05) is 32.9 Å². The molecule has 0 aliphatic heterocycles. The summed E-state index contributed by atoms with van der Waals surface area (Å²) in [5.41, 5.74) is 1.68. The molecule has 1 aromatic rings. The maximum absolute atomic E-state index is 10.5. The first-order chi connectivity index (χ1) is 9.36. The van der Waals surface area contributed by atoms with E-state index in [-0.39, 0.29) is 6.10 Å². The molecule has 2 rings (SSSR count). The minimum Gasteiger partial charge on any atom is -0.392 e. The average Bonchev–Trinajstić information content (AvgIpc) is 2.40. The fraction of sp³-hybridized carbons (Fsp3) is 0.667. The third-order valence-corrected chi connectivity index (χ3v) is 5.62. The summed E-state index contributed by atoms with van der Waals surface area (Å²) in [7, 11) is 0. The molecule has 1 fully saturated rings. The largest absolute Gasteiger partial charge is 0.392 e. The van der Waals surface area contributed by atoms with Crippen LogP contribution in [0.3, 0.4) is 0 Å². The van der Waals surface area contributed by atoms with Crippen molar-refractivity contribution < 1.29 is 5.11 Å². The predicted molar refractivity (Wildman–Crippen MR) is 93.8 cm³/mol. The van der Waals surface area contributed by atoms with Gasteiger partial charge in [-0.3, -0.25) is 0 Å². The highest BCUT2D eigenvalue weighted by Gasteiger charge is 2.32. The van der Waals surface area contributed by atoms with Crippen LogP contribution in [0.25, 0.3) is 0 Å². The highest BCUT2D eigenvalue weighted by Crippen LogP contribution is 2.41. The normalized spacial score (nSPS) is 25.4. The van der Waals surface area contributed by atoms with Crippen LogP contribution in [-0.4, -0.2) is 11.2 Å². The first-order valence-corrected chi connectivity index (χ1v) is 8.86. The molecule has 0 aromatic heterocycles. The van der Waals surface area contributed by atoms with Gasteiger partial charge in [-0.15, -0.1) is 0 Å². The number of benzene rings is 1. The van der Waals surface area contributed by atoms with Crippen molar-refractivity contribution in [3.63, 3.8) is 0 Å². The van der Waals surface area contributed by atoms with Crippen molar-refractivity contribution in [2.75, 3.05) is 0 Å². The molecule has 1 atom stereocenters. The molecule has 1 unspecified atom stereocenters. The van der Waals surface area contributed by atoms with Gasteiger partial charge in [0, 0.05) is 3.57 Å². The van der Waals surface area contributed by atoms with Gasteiger partial charge in [0.2, 0.25) is 0 Å². The highest BCUT2D eigenvalue weighted by molar-refractivity contribution is 14.1. The van der Waals surface area contributed by atoms with E-state index in [0.717, 1.165) is 12.3 Å². The number of aliphatic hydroxyl groups excluding tert-OH is 1. The van der Waals surface area contributed by atoms with E-state index < -0.39 is 0 Å². The van der Waals surface area contributed by atoms with Crippen molar-refractivity contribution in [1.29, 1.82) is 0 Å². The Morgan fingerprint density at radius 1 is 1.10 bits per heavy atom. The zero-order chi connectivity index (χ0) is 14.8. The molecule has 112 valence electrons. The van der Waals surface area contributed by atoms with Gasteiger partial charge in [0.1, 0.15) is 0 Å². The molecule has 1 N–H and O–H groups in total. The maximum atomic E-state index is 10.5. The lowest BCUT2D eigenvalue weighted by atomic mass is 9.68. The summed E-state index contributed by atoms with van der Waals surface area (Å²) in [5, 5.41) is 10.5. The van der Waals surface area contributed by atoms with Crippen LogP contribution in [0.15, 0.2) is 24.3 Å². The molecule has 0 amide bonds. The number of hydrogen-bond donors (Lipinski definition) is 1. The Hall–Kier alpha value is -0.0900. The lowest BCUT2D eigenvalue weighted by molar-refractivity contribution is 0.0537. The van der Waals surface area contributed by atoms with Gasteiger partial charge >= 0.3 is 0 Å². The molecule has 1 aliphatic carbocycles. The Balaban J connectivity index is 1.85. The fourth-order valence-electron chi connectivity index (χ4n) is 3.40. The summed E-state index contributed by atoms with van der Waals surface area (Å²) in [6.07, 6.45) is 5.56. The van der Waals surface area contributed by atoms with Crippen molar-refractivity contribution in [1.82, 2.24) is 0 Å². The SMILES string of the molecule is CC(C)(C)C1CCC(C(O)Cc2ccc(I)cc2)CC1. The molecule has 1 nitrogen and oxygen atoms in total. The van der Waals surface area contributed by atoms with E-state index in [0.29, 0.717) is 11.3 Å². The van der Waals surface area contributed by atoms with Gasteiger partial charge in [0.15, 0.2) is 0 Å². The van der Waals surface area contributed by atoms with E-state index in [9.17, 15) is 5.11 Å². The molecule has 0 saturated heterocycles. The third kappa shape index (κ3) is 4.45. The second-order valence-electron chi connectivity index (χ2n) is 7.38. The highest BCUT2D eigenvalue weighted by atomic mass is 127. The Morgan fingerprint density at radius 2 is 1.65 bits per heavy atom. The number of hydrogen-bond acceptors (Lipinski definition) is 1. The molecule has 2 heteroatoms. The lowest BCUT2D eigenvalue weighted by Crippen LogP contribution is -2.31. The molecule has 0 radical (unpaired) electrons. The molecule has 1 aromatic carbocycles. The van der Waals surface area contributed by atoms with Crippen molar-refractivity contribution in [3.8, 4) is 0 Å². The standard InChI is InChI=1S/C18H27IO/c1-18(2,3)15-8-6-14(7-9-15)17(20)12-13-4-10-16(19)11-5-13/h4-5,10-11,14-15,17,20H,6-9,12H2,1-3H3. The van der Waals surface area contributed by atoms with Crippen LogP contribution in [0.2, 0.25) is 0 Å². The molecule has 1 aliphatic rings. The van der Waals surface area contributed by atoms with E-state index in [1.165, 1.54) is 34.8 Å². The van der Waals surface area contributed by atoms with Crippen molar-refractivity contribution in [3.05, 3.63) is 33.4 Å². The molecule has 20 heavy (non-hydrogen) atoms. The summed E-state index contributed by atoms with van der Waals surface area (Å²) in [4.78, 5) is 0. The quantitative estimate of drug-likeness (QED) is 0.721. The molecule has 0 spiro atoms. The van der Waals surface area contributed by atoms with Crippen molar-refractivity contribution in [2.45, 2.75) is 59.0 Å². The summed E-state index contributed by atoms with van der Waals surface area (Å²) in [5.74, 6) is 1.32. The monoisotopic (exact) mass is 386 g/mol. The van der Waals surface area contributed by atoms with Crippen LogP contribution in [-0.2, 0) is 6.42 Å². The van der Waals surface area contributed by atoms with Gasteiger partial charge in [-0.05, 0) is 89.6 Å². The van der Waals surface area contributed by atoms with Gasteiger partial charge in [0.05, 0.1) is 6.10 Å². The second-order valence-corrected chi connectivity index (χ2v) is 8.62. The molecular formula is C18H27IO. The summed E-state index contributed by atoms with van der Waals surface area (Å²) in [6, 6.07) is 8.54. The van der Waals surface area contributed by atoms with E-state index >= 15 is 0 Å². The van der Waals surface area contributed by atoms with E-state index in [1.807, 2.05) is 0 Å². The third-order valence-electron chi connectivity index (χ3n) is 4.90. The van der Waals surface area contributed by atoms with E-state index in [1.54, 1.807) is 0 Å². The average molecular weight is 386 g/mol. The van der Waals surface area contributed by atoms with Crippen LogP contribution in [0, 0.1) is 20.8 Å². The van der Waals surface area contributed by atoms with Gasteiger partial charge in [0.25, 0.3) is 0 Å². The Morgan fingerprint density at radius 3 is 2.15 bits per heavy atom. The number of halogens is 1. The lowest BCUT2D eigenvalue weighted by Gasteiger charge is -2.38. The van der Waals surface area contributed by atoms with Crippen molar-refractivity contribution >= 4 is 22.6 Å². The minimum atomic E-state index is -0.170. The Labute approximate surface area is 137 Å². The zero-order valence-corrected chi connectivity index (χ0v) is 15.1.